The van der Waals surface area contributed by atoms with Gasteiger partial charge in [-0.1, -0.05) is 20.8 Å². The van der Waals surface area contributed by atoms with Gasteiger partial charge in [-0.25, -0.2) is 0 Å². The molecule has 108 valence electrons. The zero-order valence-corrected chi connectivity index (χ0v) is 13.4. The van der Waals surface area contributed by atoms with Crippen molar-refractivity contribution in [3.8, 4) is 0 Å². The van der Waals surface area contributed by atoms with Crippen molar-refractivity contribution < 1.29 is 9.53 Å². The number of rotatable bonds is 6. The zero-order valence-electron chi connectivity index (χ0n) is 13.4. The molecule has 0 spiro atoms. The number of ether oxygens (including phenoxy) is 1. The molecule has 0 aromatic carbocycles. The topological polar surface area (TPSA) is 38.3 Å². The Morgan fingerprint density at radius 3 is 1.89 bits per heavy atom. The molecule has 3 nitrogen and oxygen atoms in total. The maximum absolute atomic E-state index is 12.2. The lowest BCUT2D eigenvalue weighted by molar-refractivity contribution is -0.148. The number of nitrogens with one attached hydrogen (secondary N) is 1. The summed E-state index contributed by atoms with van der Waals surface area (Å²) in [5.41, 5.74) is -0.913. The maximum Gasteiger partial charge on any atom is 0.169 e. The van der Waals surface area contributed by atoms with E-state index in [2.05, 4.69) is 26.1 Å². The molecule has 0 amide bonds. The molecule has 18 heavy (non-hydrogen) atoms. The molecule has 0 fully saturated rings. The monoisotopic (exact) mass is 257 g/mol. The van der Waals surface area contributed by atoms with Gasteiger partial charge in [-0.05, 0) is 47.6 Å². The highest BCUT2D eigenvalue weighted by Crippen LogP contribution is 2.25. The molecule has 0 saturated carbocycles. The molecule has 0 aliphatic rings. The van der Waals surface area contributed by atoms with E-state index in [0.717, 1.165) is 13.0 Å². The molecule has 0 aromatic rings. The Morgan fingerprint density at radius 1 is 1.00 bits per heavy atom. The standard InChI is InChI=1S/C15H31NO2/c1-13(2,3)12(17)15(7,8)18-11-9-10-16-14(4,5)6/h16H,9-11H2,1-8H3. The van der Waals surface area contributed by atoms with E-state index in [1.807, 2.05) is 34.6 Å². The van der Waals surface area contributed by atoms with Gasteiger partial charge >= 0.3 is 0 Å². The zero-order chi connectivity index (χ0) is 14.6. The molecule has 0 saturated heterocycles. The van der Waals surface area contributed by atoms with Gasteiger partial charge < -0.3 is 10.1 Å². The van der Waals surface area contributed by atoms with E-state index in [1.54, 1.807) is 0 Å². The van der Waals surface area contributed by atoms with Crippen LogP contribution in [-0.4, -0.2) is 30.1 Å². The Kier molecular flexibility index (Phi) is 6.02. The van der Waals surface area contributed by atoms with Crippen molar-refractivity contribution >= 4 is 5.78 Å². The molecule has 0 radical (unpaired) electrons. The average Bonchev–Trinajstić information content (AvgIpc) is 2.12. The summed E-state index contributed by atoms with van der Waals surface area (Å²) in [6, 6.07) is 0. The van der Waals surface area contributed by atoms with Crippen LogP contribution >= 0.6 is 0 Å². The van der Waals surface area contributed by atoms with Gasteiger partial charge in [-0.2, -0.15) is 0 Å². The molecule has 0 bridgehead atoms. The van der Waals surface area contributed by atoms with Crippen LogP contribution in [0.1, 0.15) is 61.8 Å². The van der Waals surface area contributed by atoms with E-state index >= 15 is 0 Å². The lowest BCUT2D eigenvalue weighted by Crippen LogP contribution is -2.43. The predicted molar refractivity (Wildman–Crippen MR) is 76.9 cm³/mol. The van der Waals surface area contributed by atoms with Crippen LogP contribution in [0.5, 0.6) is 0 Å². The molecule has 0 aromatic heterocycles. The predicted octanol–water partition coefficient (Wildman–Crippen LogP) is 3.18. The second-order valence-corrected chi connectivity index (χ2v) is 7.47. The summed E-state index contributed by atoms with van der Waals surface area (Å²) in [5.74, 6) is 0.152. The Balaban J connectivity index is 4.03. The van der Waals surface area contributed by atoms with Crippen LogP contribution in [-0.2, 0) is 9.53 Å². The van der Waals surface area contributed by atoms with Crippen LogP contribution in [0.25, 0.3) is 0 Å². The first-order chi connectivity index (χ1) is 7.86. The third-order valence-corrected chi connectivity index (χ3v) is 2.67. The minimum Gasteiger partial charge on any atom is -0.368 e. The fourth-order valence-corrected chi connectivity index (χ4v) is 1.83. The quantitative estimate of drug-likeness (QED) is 0.743. The molecule has 0 aliphatic carbocycles. The Bertz CT molecular complexity index is 269. The minimum absolute atomic E-state index is 0.136. The third-order valence-electron chi connectivity index (χ3n) is 2.67. The van der Waals surface area contributed by atoms with E-state index in [0.29, 0.717) is 6.61 Å². The first-order valence-corrected chi connectivity index (χ1v) is 6.80. The maximum atomic E-state index is 12.2. The summed E-state index contributed by atoms with van der Waals surface area (Å²) < 4.78 is 5.74. The van der Waals surface area contributed by atoms with E-state index in [-0.39, 0.29) is 16.7 Å². The van der Waals surface area contributed by atoms with Gasteiger partial charge in [0.05, 0.1) is 0 Å². The molecular formula is C15H31NO2. The number of hydrogen-bond donors (Lipinski definition) is 1. The number of hydrogen-bond acceptors (Lipinski definition) is 3. The summed E-state index contributed by atoms with van der Waals surface area (Å²) in [4.78, 5) is 12.2. The molecule has 0 heterocycles. The van der Waals surface area contributed by atoms with Crippen molar-refractivity contribution in [2.75, 3.05) is 13.2 Å². The van der Waals surface area contributed by atoms with Gasteiger partial charge in [0.1, 0.15) is 5.60 Å². The lowest BCUT2D eigenvalue weighted by Gasteiger charge is -2.31. The van der Waals surface area contributed by atoms with E-state index in [1.165, 1.54) is 0 Å². The van der Waals surface area contributed by atoms with Crippen LogP contribution in [0.2, 0.25) is 0 Å². The van der Waals surface area contributed by atoms with Gasteiger partial charge in [-0.15, -0.1) is 0 Å². The molecule has 3 heteroatoms. The molecule has 0 unspecified atom stereocenters. The number of carbonyl (C=O) groups is 1. The molecule has 0 rings (SSSR count). The van der Waals surface area contributed by atoms with Crippen LogP contribution in [0.4, 0.5) is 0 Å². The molecule has 1 N–H and O–H groups in total. The SMILES string of the molecule is CC(C)(C)NCCCOC(C)(C)C(=O)C(C)(C)C. The highest BCUT2D eigenvalue weighted by atomic mass is 16.5. The van der Waals surface area contributed by atoms with Gasteiger partial charge in [0.15, 0.2) is 5.78 Å². The summed E-state index contributed by atoms with van der Waals surface area (Å²) >= 11 is 0. The Hall–Kier alpha value is -0.410. The van der Waals surface area contributed by atoms with Crippen molar-refractivity contribution in [2.45, 2.75) is 73.0 Å². The van der Waals surface area contributed by atoms with Crippen LogP contribution in [0.15, 0.2) is 0 Å². The Morgan fingerprint density at radius 2 is 1.50 bits per heavy atom. The largest absolute Gasteiger partial charge is 0.368 e. The molecule has 0 aliphatic heterocycles. The van der Waals surface area contributed by atoms with Crippen LogP contribution < -0.4 is 5.32 Å². The number of carbonyl (C=O) groups excluding carboxylic acids is 1. The molecular weight excluding hydrogens is 226 g/mol. The van der Waals surface area contributed by atoms with Gasteiger partial charge in [-0.3, -0.25) is 4.79 Å². The van der Waals surface area contributed by atoms with Gasteiger partial charge in [0.2, 0.25) is 0 Å². The van der Waals surface area contributed by atoms with Crippen LogP contribution in [0.3, 0.4) is 0 Å². The van der Waals surface area contributed by atoms with Gasteiger partial charge in [0, 0.05) is 17.6 Å². The third kappa shape index (κ3) is 7.12. The van der Waals surface area contributed by atoms with Crippen molar-refractivity contribution in [1.29, 1.82) is 0 Å². The van der Waals surface area contributed by atoms with Crippen molar-refractivity contribution in [1.82, 2.24) is 5.32 Å². The fourth-order valence-electron chi connectivity index (χ4n) is 1.83. The summed E-state index contributed by atoms with van der Waals surface area (Å²) in [6.45, 7) is 17.4. The highest BCUT2D eigenvalue weighted by Gasteiger charge is 2.36. The number of Topliss-reactive ketones (excluding diaryl/α,β-unsaturated/α-hetero) is 1. The van der Waals surface area contributed by atoms with Crippen molar-refractivity contribution in [3.05, 3.63) is 0 Å². The summed E-state index contributed by atoms with van der Waals surface area (Å²) in [6.07, 6.45) is 0.915. The Labute approximate surface area is 113 Å². The average molecular weight is 257 g/mol. The normalized spacial score (nSPS) is 13.8. The first kappa shape index (κ1) is 17.6. The fraction of sp³-hybridized carbons (Fsp3) is 0.933. The first-order valence-electron chi connectivity index (χ1n) is 6.80. The van der Waals surface area contributed by atoms with E-state index in [9.17, 15) is 4.79 Å². The van der Waals surface area contributed by atoms with Crippen molar-refractivity contribution in [3.63, 3.8) is 0 Å². The lowest BCUT2D eigenvalue weighted by atomic mass is 9.82. The smallest absolute Gasteiger partial charge is 0.169 e. The minimum atomic E-state index is -0.694. The van der Waals surface area contributed by atoms with Crippen LogP contribution in [0, 0.1) is 5.41 Å². The van der Waals surface area contributed by atoms with Gasteiger partial charge in [0.25, 0.3) is 0 Å². The van der Waals surface area contributed by atoms with E-state index in [4.69, 9.17) is 4.74 Å². The van der Waals surface area contributed by atoms with E-state index < -0.39 is 5.60 Å². The summed E-state index contributed by atoms with van der Waals surface area (Å²) in [5, 5.41) is 3.40. The summed E-state index contributed by atoms with van der Waals surface area (Å²) in [7, 11) is 0. The second kappa shape index (κ2) is 6.16. The second-order valence-electron chi connectivity index (χ2n) is 7.47. The number of ketones is 1. The van der Waals surface area contributed by atoms with Crippen molar-refractivity contribution in [2.24, 2.45) is 5.41 Å². The highest BCUT2D eigenvalue weighted by molar-refractivity contribution is 5.90. The molecule has 0 atom stereocenters.